The maximum atomic E-state index is 13.7. The Morgan fingerprint density at radius 1 is 1.09 bits per heavy atom. The van der Waals surface area contributed by atoms with Crippen molar-refractivity contribution in [3.8, 4) is 5.75 Å². The van der Waals surface area contributed by atoms with Crippen molar-refractivity contribution in [3.05, 3.63) is 65.7 Å². The average molecular weight is 455 g/mol. The Hall–Kier alpha value is -3.55. The van der Waals surface area contributed by atoms with E-state index in [4.69, 9.17) is 14.2 Å². The van der Waals surface area contributed by atoms with Crippen LogP contribution in [0.3, 0.4) is 0 Å². The molecular formula is C25H30N2O6. The van der Waals surface area contributed by atoms with Crippen LogP contribution in [0.1, 0.15) is 50.8 Å². The summed E-state index contributed by atoms with van der Waals surface area (Å²) in [5, 5.41) is 2.68. The molecule has 176 valence electrons. The summed E-state index contributed by atoms with van der Waals surface area (Å²) in [6.45, 7) is 7.06. The summed E-state index contributed by atoms with van der Waals surface area (Å²) >= 11 is 0. The smallest absolute Gasteiger partial charge is 0.417 e. The van der Waals surface area contributed by atoms with E-state index in [0.717, 1.165) is 16.0 Å². The second kappa shape index (κ2) is 9.94. The highest BCUT2D eigenvalue weighted by molar-refractivity contribution is 5.98. The van der Waals surface area contributed by atoms with Crippen LogP contribution in [-0.4, -0.2) is 48.4 Å². The highest BCUT2D eigenvalue weighted by Crippen LogP contribution is 2.31. The molecule has 1 aliphatic rings. The number of nitrogens with one attached hydrogen (secondary N) is 1. The SMILES string of the molecule is COc1ccc(C(C)C(NC(=O)OC(C)(C)C)C(=O)N2C(=O)OC[C@H]2c2ccccc2)cc1. The molecule has 1 saturated heterocycles. The molecule has 1 heterocycles. The molecule has 0 aliphatic carbocycles. The molecule has 2 aromatic carbocycles. The van der Waals surface area contributed by atoms with Crippen LogP contribution in [-0.2, 0) is 14.3 Å². The Balaban J connectivity index is 1.93. The molecule has 1 aliphatic heterocycles. The summed E-state index contributed by atoms with van der Waals surface area (Å²) in [7, 11) is 1.57. The summed E-state index contributed by atoms with van der Waals surface area (Å²) in [4.78, 5) is 40.0. The van der Waals surface area contributed by atoms with E-state index in [1.165, 1.54) is 0 Å². The predicted molar refractivity (Wildman–Crippen MR) is 122 cm³/mol. The van der Waals surface area contributed by atoms with Crippen molar-refractivity contribution in [2.75, 3.05) is 13.7 Å². The van der Waals surface area contributed by atoms with Crippen molar-refractivity contribution in [2.45, 2.75) is 51.3 Å². The van der Waals surface area contributed by atoms with Gasteiger partial charge in [-0.25, -0.2) is 14.5 Å². The number of alkyl carbamates (subject to hydrolysis) is 1. The van der Waals surface area contributed by atoms with E-state index in [9.17, 15) is 14.4 Å². The van der Waals surface area contributed by atoms with Crippen LogP contribution in [0, 0.1) is 0 Å². The molecule has 3 amide bonds. The van der Waals surface area contributed by atoms with E-state index in [-0.39, 0.29) is 6.61 Å². The van der Waals surface area contributed by atoms with Gasteiger partial charge in [-0.3, -0.25) is 4.79 Å². The first-order valence-electron chi connectivity index (χ1n) is 10.8. The highest BCUT2D eigenvalue weighted by atomic mass is 16.6. The number of methoxy groups -OCH3 is 1. The summed E-state index contributed by atoms with van der Waals surface area (Å²) in [5.41, 5.74) is 0.805. The normalized spacial score (nSPS) is 17.7. The molecule has 0 saturated carbocycles. The number of nitrogens with zero attached hydrogens (tertiary/aromatic N) is 1. The Bertz CT molecular complexity index is 984. The Labute approximate surface area is 193 Å². The number of amides is 3. The van der Waals surface area contributed by atoms with Crippen LogP contribution in [0.2, 0.25) is 0 Å². The number of carbonyl (C=O) groups excluding carboxylic acids is 3. The standard InChI is InChI=1S/C25H30N2O6/c1-16(17-11-13-19(31-5)14-12-17)21(26-23(29)33-25(2,3)4)22(28)27-20(15-32-24(27)30)18-9-7-6-8-10-18/h6-14,16,20-21H,15H2,1-5H3,(H,26,29)/t16?,20-,21?/m0/s1. The maximum absolute atomic E-state index is 13.7. The van der Waals surface area contributed by atoms with Gasteiger partial charge in [0.1, 0.15) is 30.0 Å². The zero-order valence-electron chi connectivity index (χ0n) is 19.5. The van der Waals surface area contributed by atoms with E-state index in [2.05, 4.69) is 5.32 Å². The molecule has 1 N–H and O–H groups in total. The molecule has 3 atom stereocenters. The number of hydrogen-bond acceptors (Lipinski definition) is 6. The van der Waals surface area contributed by atoms with Gasteiger partial charge in [0, 0.05) is 5.92 Å². The van der Waals surface area contributed by atoms with Gasteiger partial charge >= 0.3 is 12.2 Å². The van der Waals surface area contributed by atoms with Crippen LogP contribution in [0.25, 0.3) is 0 Å². The molecule has 8 nitrogen and oxygen atoms in total. The van der Waals surface area contributed by atoms with Crippen LogP contribution in [0.15, 0.2) is 54.6 Å². The third-order valence-electron chi connectivity index (χ3n) is 5.37. The first-order chi connectivity index (χ1) is 15.6. The molecule has 2 unspecified atom stereocenters. The lowest BCUT2D eigenvalue weighted by molar-refractivity contribution is -0.132. The van der Waals surface area contributed by atoms with Crippen molar-refractivity contribution in [2.24, 2.45) is 0 Å². The topological polar surface area (TPSA) is 94.2 Å². The summed E-state index contributed by atoms with van der Waals surface area (Å²) in [6, 6.07) is 14.7. The molecule has 1 fully saturated rings. The number of ether oxygens (including phenoxy) is 3. The zero-order chi connectivity index (χ0) is 24.2. The Morgan fingerprint density at radius 3 is 2.30 bits per heavy atom. The van der Waals surface area contributed by atoms with Crippen molar-refractivity contribution in [3.63, 3.8) is 0 Å². The molecular weight excluding hydrogens is 424 g/mol. The summed E-state index contributed by atoms with van der Waals surface area (Å²) < 4.78 is 15.8. The van der Waals surface area contributed by atoms with Gasteiger partial charge in [-0.15, -0.1) is 0 Å². The quantitative estimate of drug-likeness (QED) is 0.695. The summed E-state index contributed by atoms with van der Waals surface area (Å²) in [6.07, 6.45) is -1.49. The van der Waals surface area contributed by atoms with Gasteiger partial charge in [0.2, 0.25) is 0 Å². The van der Waals surface area contributed by atoms with Crippen molar-refractivity contribution < 1.29 is 28.6 Å². The average Bonchev–Trinajstić information content (AvgIpc) is 3.17. The Kier molecular flexibility index (Phi) is 7.26. The number of benzene rings is 2. The molecule has 3 rings (SSSR count). The van der Waals surface area contributed by atoms with E-state index in [1.807, 2.05) is 42.5 Å². The maximum Gasteiger partial charge on any atom is 0.417 e. The van der Waals surface area contributed by atoms with Crippen LogP contribution in [0.5, 0.6) is 5.75 Å². The van der Waals surface area contributed by atoms with Gasteiger partial charge in [0.15, 0.2) is 0 Å². The fraction of sp³-hybridized carbons (Fsp3) is 0.400. The summed E-state index contributed by atoms with van der Waals surface area (Å²) in [5.74, 6) is -0.373. The minimum absolute atomic E-state index is 0.0463. The van der Waals surface area contributed by atoms with Gasteiger partial charge in [0.05, 0.1) is 7.11 Å². The molecule has 8 heteroatoms. The Morgan fingerprint density at radius 2 is 1.73 bits per heavy atom. The van der Waals surface area contributed by atoms with E-state index in [1.54, 1.807) is 46.9 Å². The number of hydrogen-bond donors (Lipinski definition) is 1. The third-order valence-corrected chi connectivity index (χ3v) is 5.37. The monoisotopic (exact) mass is 454 g/mol. The lowest BCUT2D eigenvalue weighted by atomic mass is 9.91. The van der Waals surface area contributed by atoms with Gasteiger partial charge in [-0.05, 0) is 44.0 Å². The second-order valence-electron chi connectivity index (χ2n) is 8.90. The van der Waals surface area contributed by atoms with Gasteiger partial charge in [0.25, 0.3) is 5.91 Å². The number of carbonyl (C=O) groups is 3. The van der Waals surface area contributed by atoms with E-state index >= 15 is 0 Å². The molecule has 0 bridgehead atoms. The molecule has 0 radical (unpaired) electrons. The number of cyclic esters (lactones) is 1. The lowest BCUT2D eigenvalue weighted by Crippen LogP contribution is -2.52. The largest absolute Gasteiger partial charge is 0.497 e. The predicted octanol–water partition coefficient (Wildman–Crippen LogP) is 4.41. The minimum atomic E-state index is -1.06. The van der Waals surface area contributed by atoms with E-state index in [0.29, 0.717) is 5.75 Å². The molecule has 0 spiro atoms. The van der Waals surface area contributed by atoms with Gasteiger partial charge in [-0.2, -0.15) is 0 Å². The first-order valence-corrected chi connectivity index (χ1v) is 10.8. The molecule has 0 aromatic heterocycles. The fourth-order valence-corrected chi connectivity index (χ4v) is 3.67. The fourth-order valence-electron chi connectivity index (χ4n) is 3.67. The highest BCUT2D eigenvalue weighted by Gasteiger charge is 2.44. The van der Waals surface area contributed by atoms with Gasteiger partial charge in [-0.1, -0.05) is 49.4 Å². The van der Waals surface area contributed by atoms with Crippen LogP contribution in [0.4, 0.5) is 9.59 Å². The first kappa shape index (κ1) is 24.1. The number of imide groups is 1. The second-order valence-corrected chi connectivity index (χ2v) is 8.90. The minimum Gasteiger partial charge on any atom is -0.497 e. The van der Waals surface area contributed by atoms with Crippen molar-refractivity contribution in [1.82, 2.24) is 10.2 Å². The third kappa shape index (κ3) is 5.83. The molecule has 2 aromatic rings. The molecule has 33 heavy (non-hydrogen) atoms. The van der Waals surface area contributed by atoms with Crippen molar-refractivity contribution in [1.29, 1.82) is 0 Å². The zero-order valence-corrected chi connectivity index (χ0v) is 19.5. The van der Waals surface area contributed by atoms with Crippen LogP contribution < -0.4 is 10.1 Å². The number of rotatable bonds is 6. The van der Waals surface area contributed by atoms with Gasteiger partial charge < -0.3 is 19.5 Å². The van der Waals surface area contributed by atoms with E-state index < -0.39 is 41.7 Å². The van der Waals surface area contributed by atoms with Crippen molar-refractivity contribution >= 4 is 18.1 Å². The lowest BCUT2D eigenvalue weighted by Gasteiger charge is -2.30. The van der Waals surface area contributed by atoms with Crippen LogP contribution >= 0.6 is 0 Å².